The first kappa shape index (κ1) is 17.3. The number of hydrogen-bond donors (Lipinski definition) is 3. The van der Waals surface area contributed by atoms with E-state index in [0.29, 0.717) is 19.0 Å². The number of rotatable bonds is 6. The Kier molecular flexibility index (Phi) is 6.40. The number of phenolic OH excluding ortho intramolecular Hbond substituents is 1. The topological polar surface area (TPSA) is 69.5 Å². The standard InChI is InChI=1S/C17H24N4OS/c1-4-18-17(19-9-13-5-7-14(22)8-6-13)20-10-16-21-15(11-23-16)12(2)3/h5-8,11-12,22H,4,9-10H2,1-3H3,(H2,18,19,20). The minimum Gasteiger partial charge on any atom is -0.508 e. The Morgan fingerprint density at radius 2 is 2.00 bits per heavy atom. The first-order valence-electron chi connectivity index (χ1n) is 7.83. The summed E-state index contributed by atoms with van der Waals surface area (Å²) in [4.78, 5) is 9.18. The molecule has 5 nitrogen and oxygen atoms in total. The zero-order chi connectivity index (χ0) is 16.7. The normalized spacial score (nSPS) is 11.7. The zero-order valence-electron chi connectivity index (χ0n) is 13.8. The molecule has 0 amide bonds. The van der Waals surface area contributed by atoms with Gasteiger partial charge in [0, 0.05) is 11.9 Å². The summed E-state index contributed by atoms with van der Waals surface area (Å²) in [6.45, 7) is 8.36. The van der Waals surface area contributed by atoms with Crippen LogP contribution in [0.1, 0.15) is 43.0 Å². The Bertz CT molecular complexity index is 634. The number of benzene rings is 1. The summed E-state index contributed by atoms with van der Waals surface area (Å²) < 4.78 is 0. The van der Waals surface area contributed by atoms with E-state index in [-0.39, 0.29) is 5.75 Å². The maximum atomic E-state index is 9.30. The molecule has 23 heavy (non-hydrogen) atoms. The quantitative estimate of drug-likeness (QED) is 0.561. The van der Waals surface area contributed by atoms with E-state index in [1.54, 1.807) is 23.5 Å². The van der Waals surface area contributed by atoms with Gasteiger partial charge in [0.05, 0.1) is 18.8 Å². The van der Waals surface area contributed by atoms with E-state index in [2.05, 4.69) is 39.8 Å². The summed E-state index contributed by atoms with van der Waals surface area (Å²) in [5.41, 5.74) is 2.19. The predicted molar refractivity (Wildman–Crippen MR) is 96.0 cm³/mol. The van der Waals surface area contributed by atoms with Gasteiger partial charge in [-0.1, -0.05) is 26.0 Å². The number of aliphatic imine (C=N–C) groups is 1. The van der Waals surface area contributed by atoms with Crippen molar-refractivity contribution >= 4 is 17.3 Å². The minimum atomic E-state index is 0.271. The molecule has 1 aromatic heterocycles. The van der Waals surface area contributed by atoms with Crippen molar-refractivity contribution in [3.8, 4) is 5.75 Å². The third kappa shape index (κ3) is 5.56. The van der Waals surface area contributed by atoms with E-state index in [9.17, 15) is 5.11 Å². The van der Waals surface area contributed by atoms with Crippen LogP contribution in [-0.2, 0) is 13.1 Å². The number of phenols is 1. The molecular weight excluding hydrogens is 308 g/mol. The average Bonchev–Trinajstić information content (AvgIpc) is 3.01. The molecule has 3 N–H and O–H groups in total. The van der Waals surface area contributed by atoms with Crippen LogP contribution in [0.5, 0.6) is 5.75 Å². The predicted octanol–water partition coefficient (Wildman–Crippen LogP) is 3.23. The van der Waals surface area contributed by atoms with Crippen LogP contribution >= 0.6 is 11.3 Å². The monoisotopic (exact) mass is 332 g/mol. The van der Waals surface area contributed by atoms with Crippen molar-refractivity contribution in [2.45, 2.75) is 39.8 Å². The Labute approximate surface area is 141 Å². The second-order valence-electron chi connectivity index (χ2n) is 5.54. The van der Waals surface area contributed by atoms with Crippen LogP contribution in [0.4, 0.5) is 0 Å². The fraction of sp³-hybridized carbons (Fsp3) is 0.412. The third-order valence-electron chi connectivity index (χ3n) is 3.27. The van der Waals surface area contributed by atoms with Crippen molar-refractivity contribution in [3.63, 3.8) is 0 Å². The molecule has 0 aliphatic rings. The lowest BCUT2D eigenvalue weighted by molar-refractivity contribution is 0.475. The Morgan fingerprint density at radius 1 is 1.26 bits per heavy atom. The molecular formula is C17H24N4OS. The smallest absolute Gasteiger partial charge is 0.191 e. The summed E-state index contributed by atoms with van der Waals surface area (Å²) >= 11 is 1.67. The van der Waals surface area contributed by atoms with Crippen molar-refractivity contribution in [1.29, 1.82) is 0 Å². The molecule has 0 aliphatic heterocycles. The van der Waals surface area contributed by atoms with Crippen molar-refractivity contribution in [2.24, 2.45) is 4.99 Å². The van der Waals surface area contributed by atoms with Gasteiger partial charge in [0.15, 0.2) is 5.96 Å². The lowest BCUT2D eigenvalue weighted by Gasteiger charge is -2.10. The highest BCUT2D eigenvalue weighted by atomic mass is 32.1. The van der Waals surface area contributed by atoms with Gasteiger partial charge in [-0.2, -0.15) is 0 Å². The lowest BCUT2D eigenvalue weighted by Crippen LogP contribution is -2.36. The van der Waals surface area contributed by atoms with Crippen molar-refractivity contribution in [3.05, 3.63) is 45.9 Å². The number of thiazole rings is 1. The highest BCUT2D eigenvalue weighted by molar-refractivity contribution is 7.09. The lowest BCUT2D eigenvalue weighted by atomic mass is 10.2. The first-order chi connectivity index (χ1) is 11.1. The molecule has 0 fully saturated rings. The van der Waals surface area contributed by atoms with E-state index in [0.717, 1.165) is 28.8 Å². The molecule has 6 heteroatoms. The van der Waals surface area contributed by atoms with E-state index in [4.69, 9.17) is 0 Å². The van der Waals surface area contributed by atoms with Gasteiger partial charge < -0.3 is 15.7 Å². The van der Waals surface area contributed by atoms with Crippen LogP contribution < -0.4 is 10.6 Å². The molecule has 0 spiro atoms. The maximum absolute atomic E-state index is 9.30. The van der Waals surface area contributed by atoms with Gasteiger partial charge in [0.1, 0.15) is 10.8 Å². The number of nitrogens with zero attached hydrogens (tertiary/aromatic N) is 2. The summed E-state index contributed by atoms with van der Waals surface area (Å²) in [5.74, 6) is 1.49. The van der Waals surface area contributed by atoms with E-state index < -0.39 is 0 Å². The number of aromatic hydroxyl groups is 1. The Balaban J connectivity index is 1.94. The summed E-state index contributed by atoms with van der Waals surface area (Å²) in [6, 6.07) is 7.10. The fourth-order valence-electron chi connectivity index (χ4n) is 1.94. The van der Waals surface area contributed by atoms with Crippen molar-refractivity contribution in [2.75, 3.05) is 6.54 Å². The SMILES string of the molecule is CCNC(=NCc1ccc(O)cc1)NCc1nc(C(C)C)cs1. The van der Waals surface area contributed by atoms with E-state index in [1.807, 2.05) is 19.1 Å². The molecule has 124 valence electrons. The number of aromatic nitrogens is 1. The van der Waals surface area contributed by atoms with Crippen LogP contribution in [0.2, 0.25) is 0 Å². The van der Waals surface area contributed by atoms with E-state index in [1.165, 1.54) is 0 Å². The van der Waals surface area contributed by atoms with Crippen LogP contribution in [-0.4, -0.2) is 22.6 Å². The zero-order valence-corrected chi connectivity index (χ0v) is 14.7. The molecule has 1 heterocycles. The first-order valence-corrected chi connectivity index (χ1v) is 8.70. The van der Waals surface area contributed by atoms with E-state index >= 15 is 0 Å². The summed E-state index contributed by atoms with van der Waals surface area (Å²) in [6.07, 6.45) is 0. The largest absolute Gasteiger partial charge is 0.508 e. The maximum Gasteiger partial charge on any atom is 0.191 e. The van der Waals surface area contributed by atoms with Gasteiger partial charge in [-0.25, -0.2) is 9.98 Å². The molecule has 0 saturated carbocycles. The van der Waals surface area contributed by atoms with Gasteiger partial charge in [-0.15, -0.1) is 11.3 Å². The van der Waals surface area contributed by atoms with Crippen molar-refractivity contribution < 1.29 is 5.11 Å². The van der Waals surface area contributed by atoms with Gasteiger partial charge in [-0.05, 0) is 30.5 Å². The van der Waals surface area contributed by atoms with Gasteiger partial charge in [0.2, 0.25) is 0 Å². The van der Waals surface area contributed by atoms with Crippen LogP contribution in [0.25, 0.3) is 0 Å². The number of nitrogens with one attached hydrogen (secondary N) is 2. The van der Waals surface area contributed by atoms with Crippen LogP contribution in [0, 0.1) is 0 Å². The molecule has 2 aromatic rings. The highest BCUT2D eigenvalue weighted by Crippen LogP contribution is 2.17. The molecule has 0 unspecified atom stereocenters. The average molecular weight is 332 g/mol. The second-order valence-corrected chi connectivity index (χ2v) is 6.48. The fourth-order valence-corrected chi connectivity index (χ4v) is 2.84. The Morgan fingerprint density at radius 3 is 2.61 bits per heavy atom. The van der Waals surface area contributed by atoms with Gasteiger partial charge >= 0.3 is 0 Å². The summed E-state index contributed by atoms with van der Waals surface area (Å²) in [5, 5.41) is 19.0. The highest BCUT2D eigenvalue weighted by Gasteiger charge is 2.06. The second kappa shape index (κ2) is 8.53. The van der Waals surface area contributed by atoms with Gasteiger partial charge in [0.25, 0.3) is 0 Å². The van der Waals surface area contributed by atoms with Crippen molar-refractivity contribution in [1.82, 2.24) is 15.6 Å². The molecule has 0 saturated heterocycles. The number of hydrogen-bond acceptors (Lipinski definition) is 4. The molecule has 0 atom stereocenters. The molecule has 0 aliphatic carbocycles. The number of guanidine groups is 1. The van der Waals surface area contributed by atoms with Crippen LogP contribution in [0.3, 0.4) is 0 Å². The molecule has 0 radical (unpaired) electrons. The minimum absolute atomic E-state index is 0.271. The van der Waals surface area contributed by atoms with Gasteiger partial charge in [-0.3, -0.25) is 0 Å². The molecule has 2 rings (SSSR count). The van der Waals surface area contributed by atoms with Crippen LogP contribution in [0.15, 0.2) is 34.6 Å². The summed E-state index contributed by atoms with van der Waals surface area (Å²) in [7, 11) is 0. The Hall–Kier alpha value is -2.08. The molecule has 0 bridgehead atoms. The molecule has 1 aromatic carbocycles. The third-order valence-corrected chi connectivity index (χ3v) is 4.14.